The average molecular weight is 466 g/mol. The summed E-state index contributed by atoms with van der Waals surface area (Å²) in [7, 11) is 3.05. The van der Waals surface area contributed by atoms with E-state index >= 15 is 0 Å². The molecule has 0 bridgehead atoms. The highest BCUT2D eigenvalue weighted by atomic mass is 32.2. The van der Waals surface area contributed by atoms with Crippen molar-refractivity contribution in [2.75, 3.05) is 50.7 Å². The van der Waals surface area contributed by atoms with Crippen molar-refractivity contribution in [2.45, 2.75) is 16.8 Å². The van der Waals surface area contributed by atoms with Crippen LogP contribution in [0.4, 0.5) is 17.3 Å². The van der Waals surface area contributed by atoms with E-state index in [0.717, 1.165) is 47.5 Å². The van der Waals surface area contributed by atoms with Crippen LogP contribution in [0.3, 0.4) is 0 Å². The van der Waals surface area contributed by atoms with Crippen LogP contribution in [0.15, 0.2) is 64.6 Å². The van der Waals surface area contributed by atoms with Gasteiger partial charge in [-0.15, -0.1) is 0 Å². The summed E-state index contributed by atoms with van der Waals surface area (Å²) in [5, 5.41) is 5.34. The van der Waals surface area contributed by atoms with Gasteiger partial charge in [-0.2, -0.15) is 0 Å². The Balaban J connectivity index is 1.43. The molecule has 2 heterocycles. The molecule has 1 N–H and O–H groups in total. The zero-order chi connectivity index (χ0) is 23.2. The van der Waals surface area contributed by atoms with Crippen LogP contribution in [0, 0.1) is 6.92 Å². The van der Waals surface area contributed by atoms with E-state index in [1.165, 1.54) is 29.6 Å². The summed E-state index contributed by atoms with van der Waals surface area (Å²) in [4.78, 5) is 29.6. The Morgan fingerprint density at radius 1 is 1.12 bits per heavy atom. The first-order chi connectivity index (χ1) is 16.0. The number of carbonyl (C=O) groups excluding carboxylic acids is 1. The van der Waals surface area contributed by atoms with Gasteiger partial charge in [-0.05, 0) is 55.5 Å². The number of hydrogen-bond acceptors (Lipinski definition) is 8. The van der Waals surface area contributed by atoms with Gasteiger partial charge in [-0.3, -0.25) is 9.63 Å². The lowest BCUT2D eigenvalue weighted by Gasteiger charge is -2.28. The molecule has 2 aromatic carbocycles. The molecule has 1 aliphatic rings. The topological polar surface area (TPSA) is 79.8 Å². The number of carbonyl (C=O) groups is 1. The maximum atomic E-state index is 12.2. The summed E-state index contributed by atoms with van der Waals surface area (Å²) in [6, 6.07) is 15.6. The fourth-order valence-corrected chi connectivity index (χ4v) is 4.18. The van der Waals surface area contributed by atoms with Crippen molar-refractivity contribution >= 4 is 35.0 Å². The molecule has 33 heavy (non-hydrogen) atoms. The molecule has 1 fully saturated rings. The Morgan fingerprint density at radius 3 is 2.48 bits per heavy atom. The van der Waals surface area contributed by atoms with Gasteiger partial charge in [0.05, 0.1) is 20.3 Å². The number of amides is 1. The smallest absolute Gasteiger partial charge is 0.277 e. The summed E-state index contributed by atoms with van der Waals surface area (Å²) < 4.78 is 5.42. The highest BCUT2D eigenvalue weighted by molar-refractivity contribution is 7.99. The number of rotatable bonds is 7. The van der Waals surface area contributed by atoms with Crippen molar-refractivity contribution in [1.82, 2.24) is 15.0 Å². The predicted molar refractivity (Wildman–Crippen MR) is 129 cm³/mol. The number of hydrogen-bond donors (Lipinski definition) is 1. The molecule has 0 unspecified atom stereocenters. The van der Waals surface area contributed by atoms with Crippen molar-refractivity contribution in [3.05, 3.63) is 65.9 Å². The van der Waals surface area contributed by atoms with Gasteiger partial charge < -0.3 is 15.0 Å². The largest absolute Gasteiger partial charge is 0.378 e. The molecule has 4 rings (SSSR count). The third-order valence-corrected chi connectivity index (χ3v) is 6.42. The molecule has 0 saturated carbocycles. The standard InChI is InChI=1S/C24H27N5O3S/c1-17-16-25-24(26-19-6-8-20(9-7-19)29-12-14-32-15-13-29)27-22(17)33-21-10-4-18(5-11-21)23(30)28(2)31-3/h4-11,16H,12-15H2,1-3H3,(H,25,26,27). The van der Waals surface area contributed by atoms with Crippen molar-refractivity contribution in [1.29, 1.82) is 0 Å². The molecule has 0 radical (unpaired) electrons. The number of aromatic nitrogens is 2. The van der Waals surface area contributed by atoms with E-state index in [9.17, 15) is 4.79 Å². The van der Waals surface area contributed by atoms with E-state index in [4.69, 9.17) is 14.6 Å². The summed E-state index contributed by atoms with van der Waals surface area (Å²) in [6.45, 7) is 5.33. The van der Waals surface area contributed by atoms with Crippen molar-refractivity contribution < 1.29 is 14.4 Å². The van der Waals surface area contributed by atoms with Gasteiger partial charge >= 0.3 is 0 Å². The van der Waals surface area contributed by atoms with Crippen LogP contribution in [-0.2, 0) is 9.57 Å². The Labute approximate surface area is 197 Å². The third-order valence-electron chi connectivity index (χ3n) is 5.30. The normalized spacial score (nSPS) is 13.6. The molecule has 1 aromatic heterocycles. The molecule has 1 saturated heterocycles. The van der Waals surface area contributed by atoms with Crippen LogP contribution in [-0.4, -0.2) is 61.4 Å². The maximum absolute atomic E-state index is 12.2. The summed E-state index contributed by atoms with van der Waals surface area (Å²) >= 11 is 1.53. The van der Waals surface area contributed by atoms with E-state index in [-0.39, 0.29) is 5.91 Å². The van der Waals surface area contributed by atoms with Crippen molar-refractivity contribution in [2.24, 2.45) is 0 Å². The second-order valence-corrected chi connectivity index (χ2v) is 8.63. The summed E-state index contributed by atoms with van der Waals surface area (Å²) in [5.41, 5.74) is 3.65. The minimum Gasteiger partial charge on any atom is -0.378 e. The molecule has 172 valence electrons. The SMILES string of the molecule is CON(C)C(=O)c1ccc(Sc2nc(Nc3ccc(N4CCOCC4)cc3)ncc2C)cc1. The molecule has 8 nitrogen and oxygen atoms in total. The lowest BCUT2D eigenvalue weighted by atomic mass is 10.2. The Bertz CT molecular complexity index is 1090. The zero-order valence-corrected chi connectivity index (χ0v) is 19.8. The van der Waals surface area contributed by atoms with Gasteiger partial charge in [-0.1, -0.05) is 11.8 Å². The van der Waals surface area contributed by atoms with Gasteiger partial charge in [0, 0.05) is 53.7 Å². The Morgan fingerprint density at radius 2 is 1.82 bits per heavy atom. The number of aryl methyl sites for hydroxylation is 1. The molecule has 0 spiro atoms. The molecule has 1 aliphatic heterocycles. The molecule has 1 amide bonds. The van der Waals surface area contributed by atoms with E-state index in [1.54, 1.807) is 19.2 Å². The van der Waals surface area contributed by atoms with Gasteiger partial charge in [-0.25, -0.2) is 15.0 Å². The first-order valence-electron chi connectivity index (χ1n) is 10.7. The molecule has 9 heteroatoms. The molecule has 0 aliphatic carbocycles. The number of nitrogens with zero attached hydrogens (tertiary/aromatic N) is 4. The predicted octanol–water partition coefficient (Wildman–Crippen LogP) is 4.15. The number of nitrogens with one attached hydrogen (secondary N) is 1. The third kappa shape index (κ3) is 5.81. The van der Waals surface area contributed by atoms with Gasteiger partial charge in [0.25, 0.3) is 5.91 Å². The van der Waals surface area contributed by atoms with E-state index in [0.29, 0.717) is 11.5 Å². The zero-order valence-electron chi connectivity index (χ0n) is 18.9. The fraction of sp³-hybridized carbons (Fsp3) is 0.292. The second-order valence-electron chi connectivity index (χ2n) is 7.56. The lowest BCUT2D eigenvalue weighted by molar-refractivity contribution is -0.0757. The van der Waals surface area contributed by atoms with Gasteiger partial charge in [0.2, 0.25) is 5.95 Å². The quantitative estimate of drug-likeness (QED) is 0.412. The summed E-state index contributed by atoms with van der Waals surface area (Å²) in [5.74, 6) is 0.342. The second kappa shape index (κ2) is 10.7. The minimum absolute atomic E-state index is 0.196. The maximum Gasteiger partial charge on any atom is 0.277 e. The minimum atomic E-state index is -0.196. The van der Waals surface area contributed by atoms with Crippen LogP contribution in [0.25, 0.3) is 0 Å². The highest BCUT2D eigenvalue weighted by Crippen LogP contribution is 2.30. The van der Waals surface area contributed by atoms with Crippen molar-refractivity contribution in [3.63, 3.8) is 0 Å². The average Bonchev–Trinajstić information content (AvgIpc) is 2.86. The number of ether oxygens (including phenoxy) is 1. The molecule has 0 atom stereocenters. The van der Waals surface area contributed by atoms with Gasteiger partial charge in [0.15, 0.2) is 0 Å². The van der Waals surface area contributed by atoms with E-state index < -0.39 is 0 Å². The van der Waals surface area contributed by atoms with Crippen LogP contribution in [0.2, 0.25) is 0 Å². The van der Waals surface area contributed by atoms with Crippen LogP contribution >= 0.6 is 11.8 Å². The molecule has 3 aromatic rings. The van der Waals surface area contributed by atoms with E-state index in [1.807, 2.05) is 37.4 Å². The number of hydroxylamine groups is 2. The number of anilines is 3. The monoisotopic (exact) mass is 465 g/mol. The van der Waals surface area contributed by atoms with Crippen LogP contribution in [0.1, 0.15) is 15.9 Å². The molecular weight excluding hydrogens is 438 g/mol. The number of morpholine rings is 1. The first kappa shape index (κ1) is 23.0. The fourth-order valence-electron chi connectivity index (χ4n) is 3.34. The highest BCUT2D eigenvalue weighted by Gasteiger charge is 2.13. The van der Waals surface area contributed by atoms with Crippen molar-refractivity contribution in [3.8, 4) is 0 Å². The van der Waals surface area contributed by atoms with E-state index in [2.05, 4.69) is 27.3 Å². The van der Waals surface area contributed by atoms with Crippen LogP contribution < -0.4 is 10.2 Å². The first-order valence-corrected chi connectivity index (χ1v) is 11.5. The van der Waals surface area contributed by atoms with Crippen LogP contribution in [0.5, 0.6) is 0 Å². The Kier molecular flexibility index (Phi) is 7.43. The Hall–Kier alpha value is -3.14. The molecular formula is C24H27N5O3S. The summed E-state index contributed by atoms with van der Waals surface area (Å²) in [6.07, 6.45) is 1.81. The number of benzene rings is 2. The van der Waals surface area contributed by atoms with Gasteiger partial charge in [0.1, 0.15) is 5.03 Å². The lowest BCUT2D eigenvalue weighted by Crippen LogP contribution is -2.36.